The normalized spacial score (nSPS) is 29.4. The van der Waals surface area contributed by atoms with Crippen molar-refractivity contribution in [3.05, 3.63) is 0 Å². The molecule has 0 amide bonds. The summed E-state index contributed by atoms with van der Waals surface area (Å²) < 4.78 is 0. The molecule has 0 atom stereocenters. The summed E-state index contributed by atoms with van der Waals surface area (Å²) in [6.07, 6.45) is 3.51. The van der Waals surface area contributed by atoms with E-state index >= 15 is 0 Å². The van der Waals surface area contributed by atoms with E-state index in [-0.39, 0.29) is 0 Å². The summed E-state index contributed by atoms with van der Waals surface area (Å²) in [5, 5.41) is 0. The lowest BCUT2D eigenvalue weighted by molar-refractivity contribution is -0.116. The number of hydrogen-bond acceptors (Lipinski definition) is 2. The van der Waals surface area contributed by atoms with Gasteiger partial charge in [-0.3, -0.25) is 9.69 Å². The lowest BCUT2D eigenvalue weighted by Gasteiger charge is -2.17. The minimum atomic E-state index is 0.425. The predicted octanol–water partition coefficient (Wildman–Crippen LogP) is 1.06. The molecule has 62 valence electrons. The number of hydrogen-bond donors (Lipinski definition) is 0. The molecule has 2 nitrogen and oxygen atoms in total. The summed E-state index contributed by atoms with van der Waals surface area (Å²) in [5.41, 5.74) is 0.574. The molecule has 2 rings (SSSR count). The third-order valence-electron chi connectivity index (χ3n) is 2.82. The number of carbonyl (C=O) groups excluding carboxylic acids is 1. The predicted molar refractivity (Wildman–Crippen MR) is 43.4 cm³/mol. The monoisotopic (exact) mass is 153 g/mol. The maximum absolute atomic E-state index is 10.9. The molecule has 0 bridgehead atoms. The van der Waals surface area contributed by atoms with Crippen LogP contribution in [0.2, 0.25) is 0 Å². The van der Waals surface area contributed by atoms with Crippen molar-refractivity contribution in [3.63, 3.8) is 0 Å². The number of nitrogens with zero attached hydrogens (tertiary/aromatic N) is 1. The molecule has 2 aliphatic rings. The second kappa shape index (κ2) is 2.31. The Morgan fingerprint density at radius 2 is 2.27 bits per heavy atom. The van der Waals surface area contributed by atoms with Crippen molar-refractivity contribution in [3.8, 4) is 0 Å². The van der Waals surface area contributed by atoms with Crippen molar-refractivity contribution in [2.24, 2.45) is 5.41 Å². The van der Waals surface area contributed by atoms with E-state index < -0.39 is 0 Å². The Morgan fingerprint density at radius 3 is 2.73 bits per heavy atom. The Bertz CT molecular complexity index is 184. The van der Waals surface area contributed by atoms with E-state index in [0.29, 0.717) is 11.2 Å². The molecule has 1 aliphatic carbocycles. The van der Waals surface area contributed by atoms with Gasteiger partial charge in [0.2, 0.25) is 0 Å². The number of likely N-dealkylation sites (tertiary alicyclic amines) is 1. The summed E-state index contributed by atoms with van der Waals surface area (Å²) in [6, 6.07) is 0. The van der Waals surface area contributed by atoms with Crippen LogP contribution in [0.25, 0.3) is 0 Å². The van der Waals surface area contributed by atoms with Crippen LogP contribution in [0.5, 0.6) is 0 Å². The molecular formula is C9H15NO. The van der Waals surface area contributed by atoms with Gasteiger partial charge in [0.1, 0.15) is 5.78 Å². The minimum absolute atomic E-state index is 0.425. The molecule has 0 spiro atoms. The molecule has 0 aromatic rings. The zero-order valence-electron chi connectivity index (χ0n) is 7.10. The quantitative estimate of drug-likeness (QED) is 0.591. The highest BCUT2D eigenvalue weighted by Crippen LogP contribution is 2.45. The second-order valence-corrected chi connectivity index (χ2v) is 4.31. The van der Waals surface area contributed by atoms with Crippen molar-refractivity contribution >= 4 is 5.78 Å². The molecule has 0 aromatic carbocycles. The molecule has 1 saturated carbocycles. The highest BCUT2D eigenvalue weighted by molar-refractivity contribution is 5.82. The Morgan fingerprint density at radius 1 is 1.55 bits per heavy atom. The largest absolute Gasteiger partial charge is 0.298 e. The average Bonchev–Trinajstić information content (AvgIpc) is 2.49. The summed E-state index contributed by atoms with van der Waals surface area (Å²) in [5.74, 6) is 0.425. The minimum Gasteiger partial charge on any atom is -0.298 e. The third kappa shape index (κ3) is 1.62. The van der Waals surface area contributed by atoms with Crippen LogP contribution in [0.4, 0.5) is 0 Å². The molecule has 2 fully saturated rings. The standard InChI is InChI=1S/C9H15NO/c1-9(3-4-9)7-10-5-2-8(11)6-10/h2-7H2,1H3. The van der Waals surface area contributed by atoms with Crippen molar-refractivity contribution in [1.29, 1.82) is 0 Å². The van der Waals surface area contributed by atoms with Gasteiger partial charge in [0.05, 0.1) is 6.54 Å². The lowest BCUT2D eigenvalue weighted by Crippen LogP contribution is -2.27. The van der Waals surface area contributed by atoms with Gasteiger partial charge in [-0.05, 0) is 18.3 Å². The molecule has 0 radical (unpaired) electrons. The van der Waals surface area contributed by atoms with Gasteiger partial charge in [0.15, 0.2) is 0 Å². The van der Waals surface area contributed by atoms with E-state index in [1.165, 1.54) is 12.8 Å². The van der Waals surface area contributed by atoms with Gasteiger partial charge in [-0.25, -0.2) is 0 Å². The number of Topliss-reactive ketones (excluding diaryl/α,β-unsaturated/α-hetero) is 1. The highest BCUT2D eigenvalue weighted by atomic mass is 16.1. The van der Waals surface area contributed by atoms with Gasteiger partial charge in [-0.2, -0.15) is 0 Å². The Balaban J connectivity index is 1.83. The van der Waals surface area contributed by atoms with E-state index in [0.717, 1.165) is 26.1 Å². The van der Waals surface area contributed by atoms with E-state index in [4.69, 9.17) is 0 Å². The van der Waals surface area contributed by atoms with Crippen LogP contribution in [-0.2, 0) is 4.79 Å². The molecule has 11 heavy (non-hydrogen) atoms. The van der Waals surface area contributed by atoms with Gasteiger partial charge < -0.3 is 0 Å². The van der Waals surface area contributed by atoms with Crippen molar-refractivity contribution in [2.45, 2.75) is 26.2 Å². The molecular weight excluding hydrogens is 138 g/mol. The first-order chi connectivity index (χ1) is 5.18. The van der Waals surface area contributed by atoms with Gasteiger partial charge in [-0.1, -0.05) is 6.92 Å². The van der Waals surface area contributed by atoms with E-state index in [1.54, 1.807) is 0 Å². The number of rotatable bonds is 2. The first-order valence-electron chi connectivity index (χ1n) is 4.42. The average molecular weight is 153 g/mol. The summed E-state index contributed by atoms with van der Waals surface area (Å²) in [7, 11) is 0. The zero-order valence-corrected chi connectivity index (χ0v) is 7.10. The third-order valence-corrected chi connectivity index (χ3v) is 2.82. The molecule has 1 heterocycles. The van der Waals surface area contributed by atoms with Gasteiger partial charge >= 0.3 is 0 Å². The fourth-order valence-corrected chi connectivity index (χ4v) is 1.74. The van der Waals surface area contributed by atoms with E-state index in [9.17, 15) is 4.79 Å². The van der Waals surface area contributed by atoms with Gasteiger partial charge in [0.25, 0.3) is 0 Å². The molecule has 2 heteroatoms. The van der Waals surface area contributed by atoms with Crippen molar-refractivity contribution in [2.75, 3.05) is 19.6 Å². The van der Waals surface area contributed by atoms with Crippen LogP contribution < -0.4 is 0 Å². The maximum Gasteiger partial charge on any atom is 0.148 e. The number of carbonyl (C=O) groups is 1. The van der Waals surface area contributed by atoms with Crippen LogP contribution in [0.15, 0.2) is 0 Å². The fraction of sp³-hybridized carbons (Fsp3) is 0.889. The van der Waals surface area contributed by atoms with Crippen LogP contribution >= 0.6 is 0 Å². The smallest absolute Gasteiger partial charge is 0.148 e. The zero-order chi connectivity index (χ0) is 7.90. The van der Waals surface area contributed by atoms with Crippen LogP contribution in [-0.4, -0.2) is 30.3 Å². The summed E-state index contributed by atoms with van der Waals surface area (Å²) in [6.45, 7) is 5.19. The highest BCUT2D eigenvalue weighted by Gasteiger charge is 2.39. The second-order valence-electron chi connectivity index (χ2n) is 4.31. The molecule has 0 N–H and O–H groups in total. The molecule has 1 saturated heterocycles. The first-order valence-corrected chi connectivity index (χ1v) is 4.42. The van der Waals surface area contributed by atoms with Crippen molar-refractivity contribution in [1.82, 2.24) is 4.90 Å². The Kier molecular flexibility index (Phi) is 1.53. The Hall–Kier alpha value is -0.370. The molecule has 0 unspecified atom stereocenters. The fourth-order valence-electron chi connectivity index (χ4n) is 1.74. The maximum atomic E-state index is 10.9. The van der Waals surface area contributed by atoms with Crippen LogP contribution in [0.3, 0.4) is 0 Å². The Labute approximate surface area is 67.6 Å². The molecule has 1 aliphatic heterocycles. The van der Waals surface area contributed by atoms with E-state index in [1.807, 2.05) is 0 Å². The topological polar surface area (TPSA) is 20.3 Å². The summed E-state index contributed by atoms with van der Waals surface area (Å²) >= 11 is 0. The summed E-state index contributed by atoms with van der Waals surface area (Å²) in [4.78, 5) is 13.2. The van der Waals surface area contributed by atoms with Crippen molar-refractivity contribution < 1.29 is 4.79 Å². The first kappa shape index (κ1) is 7.29. The van der Waals surface area contributed by atoms with Crippen LogP contribution in [0.1, 0.15) is 26.2 Å². The van der Waals surface area contributed by atoms with Gasteiger partial charge in [-0.15, -0.1) is 0 Å². The van der Waals surface area contributed by atoms with Gasteiger partial charge in [0, 0.05) is 19.5 Å². The SMILES string of the molecule is CC1(CN2CCC(=O)C2)CC1. The molecule has 0 aromatic heterocycles. The lowest BCUT2D eigenvalue weighted by atomic mass is 10.1. The van der Waals surface area contributed by atoms with Crippen LogP contribution in [0, 0.1) is 5.41 Å². The number of ketones is 1. The van der Waals surface area contributed by atoms with E-state index in [2.05, 4.69) is 11.8 Å².